The van der Waals surface area contributed by atoms with Crippen LogP contribution >= 0.6 is 0 Å². The molecule has 1 unspecified atom stereocenters. The van der Waals surface area contributed by atoms with Crippen molar-refractivity contribution in [3.63, 3.8) is 0 Å². The lowest BCUT2D eigenvalue weighted by molar-refractivity contribution is 0.430. The minimum atomic E-state index is 0.00632. The molecule has 1 atom stereocenters. The van der Waals surface area contributed by atoms with Crippen molar-refractivity contribution in [3.8, 4) is 11.6 Å². The van der Waals surface area contributed by atoms with E-state index in [2.05, 4.69) is 5.10 Å². The zero-order chi connectivity index (χ0) is 12.4. The largest absolute Gasteiger partial charge is 0.439 e. The van der Waals surface area contributed by atoms with Gasteiger partial charge in [0.2, 0.25) is 5.88 Å². The van der Waals surface area contributed by atoms with Crippen LogP contribution in [-0.4, -0.2) is 9.78 Å². The molecule has 1 heterocycles. The Balaban J connectivity index is 2.24. The van der Waals surface area contributed by atoms with Crippen molar-refractivity contribution in [3.05, 3.63) is 41.6 Å². The molecule has 4 nitrogen and oxygen atoms in total. The molecule has 0 fully saturated rings. The van der Waals surface area contributed by atoms with E-state index in [1.165, 1.54) is 0 Å². The van der Waals surface area contributed by atoms with Crippen molar-refractivity contribution in [1.82, 2.24) is 9.78 Å². The number of aromatic nitrogens is 2. The van der Waals surface area contributed by atoms with Crippen molar-refractivity contribution in [1.29, 1.82) is 0 Å². The van der Waals surface area contributed by atoms with Crippen molar-refractivity contribution < 1.29 is 4.74 Å². The second kappa shape index (κ2) is 4.59. The molecule has 0 spiro atoms. The monoisotopic (exact) mass is 231 g/mol. The number of hydrogen-bond donors (Lipinski definition) is 1. The molecule has 0 aliphatic rings. The number of benzene rings is 1. The minimum absolute atomic E-state index is 0.00632. The maximum absolute atomic E-state index is 5.84. The zero-order valence-corrected chi connectivity index (χ0v) is 10.3. The molecule has 90 valence electrons. The number of hydrogen-bond acceptors (Lipinski definition) is 3. The maximum atomic E-state index is 5.84. The lowest BCUT2D eigenvalue weighted by atomic mass is 10.1. The Morgan fingerprint density at radius 2 is 2.12 bits per heavy atom. The van der Waals surface area contributed by atoms with E-state index in [4.69, 9.17) is 10.5 Å². The summed E-state index contributed by atoms with van der Waals surface area (Å²) in [7, 11) is 1.86. The average molecular weight is 231 g/mol. The smallest absolute Gasteiger partial charge is 0.217 e. The molecule has 0 bridgehead atoms. The molecule has 0 aliphatic carbocycles. The third kappa shape index (κ3) is 2.65. The lowest BCUT2D eigenvalue weighted by Crippen LogP contribution is -2.04. The van der Waals surface area contributed by atoms with Gasteiger partial charge < -0.3 is 10.5 Å². The molecule has 1 aromatic carbocycles. The van der Waals surface area contributed by atoms with Crippen molar-refractivity contribution >= 4 is 0 Å². The summed E-state index contributed by atoms with van der Waals surface area (Å²) in [5.41, 5.74) is 7.83. The Morgan fingerprint density at radius 1 is 1.35 bits per heavy atom. The quantitative estimate of drug-likeness (QED) is 0.883. The highest BCUT2D eigenvalue weighted by Crippen LogP contribution is 2.24. The van der Waals surface area contributed by atoms with Gasteiger partial charge in [-0.05, 0) is 31.5 Å². The summed E-state index contributed by atoms with van der Waals surface area (Å²) in [6.45, 7) is 3.89. The van der Waals surface area contributed by atoms with E-state index in [0.29, 0.717) is 0 Å². The fraction of sp³-hybridized carbons (Fsp3) is 0.308. The van der Waals surface area contributed by atoms with Crippen LogP contribution in [0.25, 0.3) is 0 Å². The second-order valence-electron chi connectivity index (χ2n) is 4.21. The molecule has 0 amide bonds. The number of rotatable bonds is 3. The number of aryl methyl sites for hydroxylation is 2. The summed E-state index contributed by atoms with van der Waals surface area (Å²) < 4.78 is 7.48. The van der Waals surface area contributed by atoms with E-state index >= 15 is 0 Å². The third-order valence-electron chi connectivity index (χ3n) is 2.57. The zero-order valence-electron chi connectivity index (χ0n) is 10.3. The molecular weight excluding hydrogens is 214 g/mol. The van der Waals surface area contributed by atoms with E-state index in [1.54, 1.807) is 4.68 Å². The molecular formula is C13H17N3O. The first-order valence-corrected chi connectivity index (χ1v) is 5.60. The van der Waals surface area contributed by atoms with Crippen LogP contribution in [0.2, 0.25) is 0 Å². The van der Waals surface area contributed by atoms with Crippen LogP contribution in [0.3, 0.4) is 0 Å². The molecule has 0 saturated heterocycles. The molecule has 17 heavy (non-hydrogen) atoms. The molecule has 2 N–H and O–H groups in total. The molecule has 0 saturated carbocycles. The first-order chi connectivity index (χ1) is 8.06. The van der Waals surface area contributed by atoms with Crippen LogP contribution in [0.5, 0.6) is 11.6 Å². The summed E-state index contributed by atoms with van der Waals surface area (Å²) in [6.07, 6.45) is 0. The standard InChI is InChI=1S/C13H17N3O/c1-9-7-13(16(3)15-9)17-12-6-4-5-11(8-12)10(2)14/h4-8,10H,14H2,1-3H3. The molecule has 2 aromatic rings. The molecule has 0 aliphatic heterocycles. The highest BCUT2D eigenvalue weighted by Gasteiger charge is 2.06. The van der Waals surface area contributed by atoms with Gasteiger partial charge >= 0.3 is 0 Å². The van der Waals surface area contributed by atoms with E-state index in [0.717, 1.165) is 22.9 Å². The Kier molecular flexibility index (Phi) is 3.15. The lowest BCUT2D eigenvalue weighted by Gasteiger charge is -2.09. The van der Waals surface area contributed by atoms with E-state index in [-0.39, 0.29) is 6.04 Å². The summed E-state index contributed by atoms with van der Waals surface area (Å²) in [5, 5.41) is 4.23. The average Bonchev–Trinajstić information content (AvgIpc) is 2.58. The van der Waals surface area contributed by atoms with Crippen molar-refractivity contribution in [2.45, 2.75) is 19.9 Å². The van der Waals surface area contributed by atoms with Gasteiger partial charge in [-0.1, -0.05) is 12.1 Å². The Labute approximate surface area is 101 Å². The van der Waals surface area contributed by atoms with Crippen LogP contribution in [0.15, 0.2) is 30.3 Å². The van der Waals surface area contributed by atoms with Gasteiger partial charge in [0, 0.05) is 19.2 Å². The highest BCUT2D eigenvalue weighted by atomic mass is 16.5. The Hall–Kier alpha value is -1.81. The van der Waals surface area contributed by atoms with Crippen molar-refractivity contribution in [2.24, 2.45) is 12.8 Å². The maximum Gasteiger partial charge on any atom is 0.217 e. The summed E-state index contributed by atoms with van der Waals surface area (Å²) in [4.78, 5) is 0. The first-order valence-electron chi connectivity index (χ1n) is 5.60. The molecule has 0 radical (unpaired) electrons. The van der Waals surface area contributed by atoms with Crippen LogP contribution in [0, 0.1) is 6.92 Å². The van der Waals surface area contributed by atoms with Gasteiger partial charge in [0.15, 0.2) is 0 Å². The third-order valence-corrected chi connectivity index (χ3v) is 2.57. The predicted octanol–water partition coefficient (Wildman–Crippen LogP) is 2.54. The summed E-state index contributed by atoms with van der Waals surface area (Å²) >= 11 is 0. The Morgan fingerprint density at radius 3 is 2.71 bits per heavy atom. The van der Waals surface area contributed by atoms with E-state index < -0.39 is 0 Å². The van der Waals surface area contributed by atoms with Gasteiger partial charge in [0.1, 0.15) is 5.75 Å². The molecule has 1 aromatic heterocycles. The van der Waals surface area contributed by atoms with Crippen LogP contribution in [0.1, 0.15) is 24.2 Å². The second-order valence-corrected chi connectivity index (χ2v) is 4.21. The van der Waals surface area contributed by atoms with Gasteiger partial charge in [-0.25, -0.2) is 4.68 Å². The fourth-order valence-electron chi connectivity index (χ4n) is 1.66. The van der Waals surface area contributed by atoms with Crippen molar-refractivity contribution in [2.75, 3.05) is 0 Å². The first kappa shape index (κ1) is 11.7. The predicted molar refractivity (Wildman–Crippen MR) is 67.1 cm³/mol. The van der Waals surface area contributed by atoms with E-state index in [1.807, 2.05) is 51.2 Å². The number of ether oxygens (including phenoxy) is 1. The van der Waals surface area contributed by atoms with E-state index in [9.17, 15) is 0 Å². The summed E-state index contributed by atoms with van der Waals surface area (Å²) in [5.74, 6) is 1.51. The van der Waals surface area contributed by atoms with Crippen LogP contribution in [0.4, 0.5) is 0 Å². The highest BCUT2D eigenvalue weighted by molar-refractivity contribution is 5.33. The molecule has 4 heteroatoms. The summed E-state index contributed by atoms with van der Waals surface area (Å²) in [6, 6.07) is 9.70. The topological polar surface area (TPSA) is 53.1 Å². The van der Waals surface area contributed by atoms with Crippen LogP contribution < -0.4 is 10.5 Å². The Bertz CT molecular complexity index is 517. The minimum Gasteiger partial charge on any atom is -0.439 e. The SMILES string of the molecule is Cc1cc(Oc2cccc(C(C)N)c2)n(C)n1. The van der Waals surface area contributed by atoms with Gasteiger partial charge in [-0.3, -0.25) is 0 Å². The van der Waals surface area contributed by atoms with Gasteiger partial charge in [-0.2, -0.15) is 5.10 Å². The van der Waals surface area contributed by atoms with Gasteiger partial charge in [0.05, 0.1) is 5.69 Å². The fourth-order valence-corrected chi connectivity index (χ4v) is 1.66. The normalized spacial score (nSPS) is 12.5. The van der Waals surface area contributed by atoms with Crippen LogP contribution in [-0.2, 0) is 7.05 Å². The number of nitrogens with zero attached hydrogens (tertiary/aromatic N) is 2. The van der Waals surface area contributed by atoms with Gasteiger partial charge in [0.25, 0.3) is 0 Å². The number of nitrogens with two attached hydrogens (primary N) is 1. The van der Waals surface area contributed by atoms with Gasteiger partial charge in [-0.15, -0.1) is 0 Å². The molecule has 2 rings (SSSR count).